The third-order valence-corrected chi connectivity index (χ3v) is 4.68. The van der Waals surface area contributed by atoms with Crippen molar-refractivity contribution in [1.82, 2.24) is 0 Å². The minimum Gasteiger partial charge on any atom is -0.392 e. The van der Waals surface area contributed by atoms with Gasteiger partial charge in [0.05, 0.1) is 6.10 Å². The Hall–Kier alpha value is -0.470. The Bertz CT molecular complexity index is 359. The van der Waals surface area contributed by atoms with Crippen LogP contribution in [0.5, 0.6) is 0 Å². The second-order valence-electron chi connectivity index (χ2n) is 4.70. The molecule has 1 heterocycles. The van der Waals surface area contributed by atoms with Crippen molar-refractivity contribution >= 4 is 11.8 Å². The Balaban J connectivity index is 1.77. The summed E-state index contributed by atoms with van der Waals surface area (Å²) in [5.41, 5.74) is 1.37. The lowest BCUT2D eigenvalue weighted by molar-refractivity contribution is 0.135. The highest BCUT2D eigenvalue weighted by molar-refractivity contribution is 7.99. The van der Waals surface area contributed by atoms with Gasteiger partial charge in [0.1, 0.15) is 0 Å². The highest BCUT2D eigenvalue weighted by Crippen LogP contribution is 2.44. The van der Waals surface area contributed by atoms with Crippen LogP contribution in [0.25, 0.3) is 0 Å². The number of hydrogen-bond donors (Lipinski definition) is 1. The molecular weight excluding hydrogens is 204 g/mol. The van der Waals surface area contributed by atoms with E-state index in [4.69, 9.17) is 0 Å². The van der Waals surface area contributed by atoms with Crippen LogP contribution < -0.4 is 0 Å². The van der Waals surface area contributed by atoms with Gasteiger partial charge in [-0.05, 0) is 24.0 Å². The molecule has 1 aromatic carbocycles. The molecule has 2 aliphatic rings. The van der Waals surface area contributed by atoms with E-state index in [1.54, 1.807) is 0 Å². The van der Waals surface area contributed by atoms with Gasteiger partial charge in [0, 0.05) is 16.6 Å². The first-order chi connectivity index (χ1) is 7.34. The molecule has 0 bridgehead atoms. The minimum atomic E-state index is -0.117. The van der Waals surface area contributed by atoms with E-state index in [1.807, 2.05) is 11.8 Å². The molecule has 0 spiro atoms. The first-order valence-corrected chi connectivity index (χ1v) is 6.73. The molecule has 1 aliphatic carbocycles. The van der Waals surface area contributed by atoms with E-state index >= 15 is 0 Å². The van der Waals surface area contributed by atoms with Crippen LogP contribution >= 0.6 is 11.8 Å². The summed E-state index contributed by atoms with van der Waals surface area (Å²) >= 11 is 1.89. The zero-order valence-electron chi connectivity index (χ0n) is 8.73. The normalized spacial score (nSPS) is 26.3. The number of hydrogen-bond acceptors (Lipinski definition) is 2. The summed E-state index contributed by atoms with van der Waals surface area (Å²) < 4.78 is 0. The van der Waals surface area contributed by atoms with Crippen molar-refractivity contribution in [3.05, 3.63) is 29.8 Å². The zero-order chi connectivity index (χ0) is 10.3. The molecule has 2 unspecified atom stereocenters. The highest BCUT2D eigenvalue weighted by atomic mass is 32.2. The smallest absolute Gasteiger partial charge is 0.0619 e. The predicted octanol–water partition coefficient (Wildman–Crippen LogP) is 3.04. The quantitative estimate of drug-likeness (QED) is 0.845. The Labute approximate surface area is 94.9 Å². The van der Waals surface area contributed by atoms with Gasteiger partial charge in [0.2, 0.25) is 0 Å². The molecule has 1 N–H and O–H groups in total. The molecule has 1 fully saturated rings. The molecule has 3 rings (SSSR count). The SMILES string of the molecule is OC(CC1CC1)C1CSc2ccccc21. The van der Waals surface area contributed by atoms with Gasteiger partial charge < -0.3 is 5.11 Å². The lowest BCUT2D eigenvalue weighted by Crippen LogP contribution is -2.18. The highest BCUT2D eigenvalue weighted by Gasteiger charge is 2.33. The van der Waals surface area contributed by atoms with Gasteiger partial charge in [0.25, 0.3) is 0 Å². The summed E-state index contributed by atoms with van der Waals surface area (Å²) in [4.78, 5) is 1.37. The lowest BCUT2D eigenvalue weighted by atomic mass is 9.92. The standard InChI is InChI=1S/C13H16OS/c14-12(7-9-5-6-9)11-8-15-13-4-2-1-3-10(11)13/h1-4,9,11-12,14H,5-8H2. The van der Waals surface area contributed by atoms with Crippen molar-refractivity contribution in [2.24, 2.45) is 5.92 Å². The Kier molecular flexibility index (Phi) is 2.49. The number of fused-ring (bicyclic) bond motifs is 1. The molecule has 2 heteroatoms. The van der Waals surface area contributed by atoms with Crippen molar-refractivity contribution in [3.63, 3.8) is 0 Å². The van der Waals surface area contributed by atoms with Gasteiger partial charge in [-0.1, -0.05) is 31.0 Å². The van der Waals surface area contributed by atoms with Crippen molar-refractivity contribution in [3.8, 4) is 0 Å². The molecule has 0 radical (unpaired) electrons. The van der Waals surface area contributed by atoms with Crippen LogP contribution in [0.4, 0.5) is 0 Å². The van der Waals surface area contributed by atoms with Gasteiger partial charge in [-0.25, -0.2) is 0 Å². The van der Waals surface area contributed by atoms with Crippen molar-refractivity contribution < 1.29 is 5.11 Å². The minimum absolute atomic E-state index is 0.117. The van der Waals surface area contributed by atoms with Crippen LogP contribution in [0.1, 0.15) is 30.7 Å². The second-order valence-corrected chi connectivity index (χ2v) is 5.76. The maximum atomic E-state index is 10.2. The summed E-state index contributed by atoms with van der Waals surface area (Å²) in [6, 6.07) is 8.52. The molecule has 0 saturated heterocycles. The number of aliphatic hydroxyl groups is 1. The van der Waals surface area contributed by atoms with E-state index in [2.05, 4.69) is 24.3 Å². The molecule has 1 aliphatic heterocycles. The van der Waals surface area contributed by atoms with Crippen molar-refractivity contribution in [2.45, 2.75) is 36.2 Å². The third-order valence-electron chi connectivity index (χ3n) is 3.47. The van der Waals surface area contributed by atoms with Gasteiger partial charge in [-0.3, -0.25) is 0 Å². The van der Waals surface area contributed by atoms with Crippen LogP contribution in [-0.4, -0.2) is 17.0 Å². The number of rotatable bonds is 3. The molecule has 80 valence electrons. The van der Waals surface area contributed by atoms with E-state index in [1.165, 1.54) is 23.3 Å². The Morgan fingerprint density at radius 3 is 2.93 bits per heavy atom. The zero-order valence-corrected chi connectivity index (χ0v) is 9.54. The largest absolute Gasteiger partial charge is 0.392 e. The molecule has 15 heavy (non-hydrogen) atoms. The molecule has 1 nitrogen and oxygen atoms in total. The molecule has 1 aromatic rings. The fourth-order valence-corrected chi connectivity index (χ4v) is 3.69. The molecule has 0 amide bonds. The molecule has 2 atom stereocenters. The van der Waals surface area contributed by atoms with Gasteiger partial charge >= 0.3 is 0 Å². The average Bonchev–Trinajstić information content (AvgIpc) is 2.96. The summed E-state index contributed by atoms with van der Waals surface area (Å²) in [6.45, 7) is 0. The fraction of sp³-hybridized carbons (Fsp3) is 0.538. The van der Waals surface area contributed by atoms with E-state index in [-0.39, 0.29) is 6.10 Å². The van der Waals surface area contributed by atoms with Gasteiger partial charge in [-0.2, -0.15) is 0 Å². The third kappa shape index (κ3) is 1.93. The predicted molar refractivity (Wildman–Crippen MR) is 63.3 cm³/mol. The fourth-order valence-electron chi connectivity index (χ4n) is 2.37. The van der Waals surface area contributed by atoms with Crippen LogP contribution in [0.2, 0.25) is 0 Å². The van der Waals surface area contributed by atoms with Crippen molar-refractivity contribution in [1.29, 1.82) is 0 Å². The number of benzene rings is 1. The first kappa shape index (κ1) is 9.73. The topological polar surface area (TPSA) is 20.2 Å². The Morgan fingerprint density at radius 2 is 2.13 bits per heavy atom. The molecule has 0 aromatic heterocycles. The second kappa shape index (κ2) is 3.84. The average molecular weight is 220 g/mol. The summed E-state index contributed by atoms with van der Waals surface area (Å²) in [7, 11) is 0. The Morgan fingerprint density at radius 1 is 1.33 bits per heavy atom. The van der Waals surface area contributed by atoms with Crippen LogP contribution in [-0.2, 0) is 0 Å². The number of aliphatic hydroxyl groups excluding tert-OH is 1. The summed E-state index contributed by atoms with van der Waals surface area (Å²) in [5, 5.41) is 10.2. The van der Waals surface area contributed by atoms with Crippen molar-refractivity contribution in [2.75, 3.05) is 5.75 Å². The molecule has 1 saturated carbocycles. The van der Waals surface area contributed by atoms with E-state index in [0.29, 0.717) is 5.92 Å². The van der Waals surface area contributed by atoms with Crippen LogP contribution in [0.3, 0.4) is 0 Å². The van der Waals surface area contributed by atoms with Gasteiger partial charge in [-0.15, -0.1) is 11.8 Å². The van der Waals surface area contributed by atoms with Crippen LogP contribution in [0, 0.1) is 5.92 Å². The van der Waals surface area contributed by atoms with E-state index in [0.717, 1.165) is 18.1 Å². The maximum Gasteiger partial charge on any atom is 0.0619 e. The number of thioether (sulfide) groups is 1. The summed E-state index contributed by atoms with van der Waals surface area (Å²) in [6.07, 6.45) is 3.56. The monoisotopic (exact) mass is 220 g/mol. The summed E-state index contributed by atoms with van der Waals surface area (Å²) in [5.74, 6) is 2.26. The van der Waals surface area contributed by atoms with Gasteiger partial charge in [0.15, 0.2) is 0 Å². The van der Waals surface area contributed by atoms with E-state index < -0.39 is 0 Å². The van der Waals surface area contributed by atoms with Crippen LogP contribution in [0.15, 0.2) is 29.2 Å². The van der Waals surface area contributed by atoms with E-state index in [9.17, 15) is 5.11 Å². The first-order valence-electron chi connectivity index (χ1n) is 5.74. The maximum absolute atomic E-state index is 10.2. The lowest BCUT2D eigenvalue weighted by Gasteiger charge is -2.18. The molecular formula is C13H16OS.